The number of fused-ring (bicyclic) bond motifs is 1. The van der Waals surface area contributed by atoms with Crippen molar-refractivity contribution in [1.82, 2.24) is 10.3 Å². The van der Waals surface area contributed by atoms with E-state index in [-0.39, 0.29) is 6.42 Å². The maximum atomic E-state index is 12.2. The summed E-state index contributed by atoms with van der Waals surface area (Å²) in [6.07, 6.45) is 6.75. The van der Waals surface area contributed by atoms with Crippen molar-refractivity contribution in [2.24, 2.45) is 5.73 Å². The van der Waals surface area contributed by atoms with Crippen molar-refractivity contribution in [2.75, 3.05) is 0 Å². The second kappa shape index (κ2) is 5.85. The number of primary amides is 1. The highest BCUT2D eigenvalue weighted by Crippen LogP contribution is 2.16. The third-order valence-electron chi connectivity index (χ3n) is 2.86. The SMILES string of the molecule is C#CC[C@@H](NC(=O)c1ccnc2ccccc12)C(N)=O. The van der Waals surface area contributed by atoms with E-state index in [9.17, 15) is 9.59 Å². The predicted molar refractivity (Wildman–Crippen MR) is 75.6 cm³/mol. The maximum Gasteiger partial charge on any atom is 0.252 e. The van der Waals surface area contributed by atoms with E-state index in [1.807, 2.05) is 12.1 Å². The average molecular weight is 267 g/mol. The van der Waals surface area contributed by atoms with Crippen LogP contribution >= 0.6 is 0 Å². The van der Waals surface area contributed by atoms with Gasteiger partial charge in [-0.25, -0.2) is 0 Å². The smallest absolute Gasteiger partial charge is 0.252 e. The summed E-state index contributed by atoms with van der Waals surface area (Å²) in [5.74, 6) is 1.26. The lowest BCUT2D eigenvalue weighted by atomic mass is 10.1. The molecule has 20 heavy (non-hydrogen) atoms. The van der Waals surface area contributed by atoms with Gasteiger partial charge >= 0.3 is 0 Å². The summed E-state index contributed by atoms with van der Waals surface area (Å²) in [5.41, 5.74) is 6.33. The number of hydrogen-bond donors (Lipinski definition) is 2. The van der Waals surface area contributed by atoms with Crippen LogP contribution in [0.3, 0.4) is 0 Å². The van der Waals surface area contributed by atoms with Crippen LogP contribution in [0, 0.1) is 12.3 Å². The number of pyridine rings is 1. The minimum atomic E-state index is -0.876. The second-order valence-corrected chi connectivity index (χ2v) is 4.21. The molecule has 2 amide bonds. The molecule has 3 N–H and O–H groups in total. The van der Waals surface area contributed by atoms with Gasteiger partial charge in [-0.2, -0.15) is 0 Å². The number of para-hydroxylation sites is 1. The van der Waals surface area contributed by atoms with Crippen LogP contribution in [0.4, 0.5) is 0 Å². The quantitative estimate of drug-likeness (QED) is 0.805. The lowest BCUT2D eigenvalue weighted by Crippen LogP contribution is -2.44. The molecule has 0 saturated heterocycles. The molecule has 1 atom stereocenters. The molecule has 2 aromatic rings. The maximum absolute atomic E-state index is 12.2. The first-order valence-electron chi connectivity index (χ1n) is 6.01. The first kappa shape index (κ1) is 13.6. The molecule has 0 unspecified atom stereocenters. The van der Waals surface area contributed by atoms with Crippen LogP contribution in [0.2, 0.25) is 0 Å². The van der Waals surface area contributed by atoms with Gasteiger partial charge in [-0.15, -0.1) is 12.3 Å². The van der Waals surface area contributed by atoms with Gasteiger partial charge in [0.2, 0.25) is 5.91 Å². The molecule has 0 fully saturated rings. The van der Waals surface area contributed by atoms with E-state index in [1.54, 1.807) is 18.2 Å². The van der Waals surface area contributed by atoms with E-state index in [1.165, 1.54) is 6.20 Å². The fraction of sp³-hybridized carbons (Fsp3) is 0.133. The molecule has 100 valence electrons. The predicted octanol–water partition coefficient (Wildman–Crippen LogP) is 0.842. The first-order chi connectivity index (χ1) is 9.63. The Labute approximate surface area is 116 Å². The molecule has 0 saturated carbocycles. The number of amides is 2. The van der Waals surface area contributed by atoms with Crippen LogP contribution in [-0.4, -0.2) is 22.8 Å². The molecule has 0 aliphatic carbocycles. The van der Waals surface area contributed by atoms with E-state index in [2.05, 4.69) is 16.2 Å². The van der Waals surface area contributed by atoms with Crippen molar-refractivity contribution < 1.29 is 9.59 Å². The number of terminal acetylenes is 1. The highest BCUT2D eigenvalue weighted by molar-refractivity contribution is 6.07. The summed E-state index contributed by atoms with van der Waals surface area (Å²) in [6.45, 7) is 0. The molecule has 0 bridgehead atoms. The Kier molecular flexibility index (Phi) is 3.96. The van der Waals surface area contributed by atoms with Gasteiger partial charge in [-0.3, -0.25) is 14.6 Å². The van der Waals surface area contributed by atoms with Gasteiger partial charge in [0.05, 0.1) is 11.1 Å². The second-order valence-electron chi connectivity index (χ2n) is 4.21. The van der Waals surface area contributed by atoms with E-state index in [0.717, 1.165) is 0 Å². The largest absolute Gasteiger partial charge is 0.368 e. The fourth-order valence-corrected chi connectivity index (χ4v) is 1.87. The minimum Gasteiger partial charge on any atom is -0.368 e. The lowest BCUT2D eigenvalue weighted by Gasteiger charge is -2.13. The van der Waals surface area contributed by atoms with E-state index < -0.39 is 17.9 Å². The zero-order valence-corrected chi connectivity index (χ0v) is 10.7. The Balaban J connectivity index is 2.32. The lowest BCUT2D eigenvalue weighted by molar-refractivity contribution is -0.119. The highest BCUT2D eigenvalue weighted by atomic mass is 16.2. The number of nitrogens with one attached hydrogen (secondary N) is 1. The third-order valence-corrected chi connectivity index (χ3v) is 2.86. The van der Waals surface area contributed by atoms with Crippen molar-refractivity contribution >= 4 is 22.7 Å². The van der Waals surface area contributed by atoms with Crippen molar-refractivity contribution in [3.05, 3.63) is 42.1 Å². The standard InChI is InChI=1S/C15H13N3O2/c1-2-5-13(14(16)19)18-15(20)11-8-9-17-12-7-4-3-6-10(11)12/h1,3-4,6-9,13H,5H2,(H2,16,19)(H,18,20)/t13-/m1/s1. The number of rotatable bonds is 4. The zero-order valence-electron chi connectivity index (χ0n) is 10.7. The number of aromatic nitrogens is 1. The van der Waals surface area contributed by atoms with Crippen LogP contribution in [0.5, 0.6) is 0 Å². The molecular weight excluding hydrogens is 254 g/mol. The van der Waals surface area contributed by atoms with Crippen LogP contribution < -0.4 is 11.1 Å². The number of hydrogen-bond acceptors (Lipinski definition) is 3. The topological polar surface area (TPSA) is 85.1 Å². The van der Waals surface area contributed by atoms with Crippen LogP contribution in [0.15, 0.2) is 36.5 Å². The molecule has 0 radical (unpaired) electrons. The third kappa shape index (κ3) is 2.75. The number of nitrogens with two attached hydrogens (primary N) is 1. The van der Waals surface area contributed by atoms with Gasteiger partial charge in [-0.1, -0.05) is 18.2 Å². The number of carbonyl (C=O) groups is 2. The normalized spacial score (nSPS) is 11.6. The fourth-order valence-electron chi connectivity index (χ4n) is 1.87. The molecule has 0 spiro atoms. The van der Waals surface area contributed by atoms with Gasteiger partial charge in [-0.05, 0) is 12.1 Å². The molecule has 1 aromatic carbocycles. The van der Waals surface area contributed by atoms with E-state index in [0.29, 0.717) is 16.5 Å². The molecule has 1 aromatic heterocycles. The Morgan fingerprint density at radius 2 is 2.10 bits per heavy atom. The van der Waals surface area contributed by atoms with Crippen molar-refractivity contribution in [1.29, 1.82) is 0 Å². The van der Waals surface area contributed by atoms with E-state index >= 15 is 0 Å². The van der Waals surface area contributed by atoms with Gasteiger partial charge in [0, 0.05) is 18.0 Å². The number of carbonyl (C=O) groups excluding carboxylic acids is 2. The molecule has 2 rings (SSSR count). The van der Waals surface area contributed by atoms with Gasteiger partial charge < -0.3 is 11.1 Å². The number of nitrogens with zero attached hydrogens (tertiary/aromatic N) is 1. The summed E-state index contributed by atoms with van der Waals surface area (Å²) in [7, 11) is 0. The summed E-state index contributed by atoms with van der Waals surface area (Å²) in [4.78, 5) is 27.6. The van der Waals surface area contributed by atoms with Crippen LogP contribution in [0.1, 0.15) is 16.8 Å². The summed E-state index contributed by atoms with van der Waals surface area (Å²) in [5, 5.41) is 3.25. The summed E-state index contributed by atoms with van der Waals surface area (Å²) < 4.78 is 0. The average Bonchev–Trinajstić information content (AvgIpc) is 2.46. The van der Waals surface area contributed by atoms with Gasteiger partial charge in [0.25, 0.3) is 5.91 Å². The number of benzene rings is 1. The monoisotopic (exact) mass is 267 g/mol. The Morgan fingerprint density at radius 3 is 2.80 bits per heavy atom. The molecule has 5 nitrogen and oxygen atoms in total. The zero-order chi connectivity index (χ0) is 14.5. The van der Waals surface area contributed by atoms with Gasteiger partial charge in [0.1, 0.15) is 6.04 Å². The molecule has 0 aliphatic rings. The Bertz CT molecular complexity index is 698. The Morgan fingerprint density at radius 1 is 1.35 bits per heavy atom. The van der Waals surface area contributed by atoms with Crippen LogP contribution in [-0.2, 0) is 4.79 Å². The molecule has 1 heterocycles. The molecule has 0 aliphatic heterocycles. The molecule has 5 heteroatoms. The van der Waals surface area contributed by atoms with Crippen LogP contribution in [0.25, 0.3) is 10.9 Å². The van der Waals surface area contributed by atoms with Gasteiger partial charge in [0.15, 0.2) is 0 Å². The minimum absolute atomic E-state index is 0.0596. The van der Waals surface area contributed by atoms with Crippen molar-refractivity contribution in [3.63, 3.8) is 0 Å². The summed E-state index contributed by atoms with van der Waals surface area (Å²) in [6, 6.07) is 7.96. The van der Waals surface area contributed by atoms with E-state index in [4.69, 9.17) is 12.2 Å². The molecular formula is C15H13N3O2. The van der Waals surface area contributed by atoms with Crippen molar-refractivity contribution in [3.8, 4) is 12.3 Å². The van der Waals surface area contributed by atoms with Crippen molar-refractivity contribution in [2.45, 2.75) is 12.5 Å². The highest BCUT2D eigenvalue weighted by Gasteiger charge is 2.19. The summed E-state index contributed by atoms with van der Waals surface area (Å²) >= 11 is 0. The first-order valence-corrected chi connectivity index (χ1v) is 6.01. The Hall–Kier alpha value is -2.87.